The quantitative estimate of drug-likeness (QED) is 0.532. The Balaban J connectivity index is 1.32. The third kappa shape index (κ3) is 5.69. The number of likely N-dealkylation sites (N-methyl/N-ethyl adjacent to an activating group) is 1. The van der Waals surface area contributed by atoms with Gasteiger partial charge in [-0.05, 0) is 50.4 Å². The predicted octanol–water partition coefficient (Wildman–Crippen LogP) is 3.34. The van der Waals surface area contributed by atoms with Crippen LogP contribution < -0.4 is 10.2 Å². The van der Waals surface area contributed by atoms with Crippen LogP contribution in [0.2, 0.25) is 0 Å². The molecule has 0 aromatic carbocycles. The van der Waals surface area contributed by atoms with E-state index in [0.717, 1.165) is 87.7 Å². The van der Waals surface area contributed by atoms with Crippen LogP contribution in [-0.4, -0.2) is 80.7 Å². The van der Waals surface area contributed by atoms with Crippen molar-refractivity contribution in [1.29, 1.82) is 0 Å². The van der Waals surface area contributed by atoms with E-state index >= 15 is 0 Å². The van der Waals surface area contributed by atoms with Crippen LogP contribution in [0.1, 0.15) is 50.5 Å². The Morgan fingerprint density at radius 3 is 2.40 bits per heavy atom. The molecule has 0 aliphatic carbocycles. The summed E-state index contributed by atoms with van der Waals surface area (Å²) >= 11 is 0. The number of nitrogens with one attached hydrogen (secondary N) is 1. The monoisotopic (exact) mass is 476 g/mol. The van der Waals surface area contributed by atoms with Gasteiger partial charge in [0.15, 0.2) is 5.82 Å². The van der Waals surface area contributed by atoms with Crippen molar-refractivity contribution in [2.24, 2.45) is 0 Å². The van der Waals surface area contributed by atoms with Crippen LogP contribution in [0.3, 0.4) is 0 Å². The number of rotatable bonds is 7. The van der Waals surface area contributed by atoms with E-state index < -0.39 is 6.10 Å². The molecule has 2 saturated heterocycles. The molecule has 2 N–H and O–H groups in total. The van der Waals surface area contributed by atoms with Crippen LogP contribution in [0, 0.1) is 0 Å². The number of hydrogen-bond acceptors (Lipinski definition) is 9. The first kappa shape index (κ1) is 23.8. The fourth-order valence-electron chi connectivity index (χ4n) is 4.87. The number of nitrogens with zero attached hydrogens (tertiary/aromatic N) is 7. The molecule has 186 valence electrons. The number of anilines is 3. The van der Waals surface area contributed by atoms with E-state index in [1.165, 1.54) is 12.0 Å². The zero-order chi connectivity index (χ0) is 24.2. The number of aliphatic hydroxyl groups is 1. The highest BCUT2D eigenvalue weighted by molar-refractivity contribution is 5.89. The second-order valence-corrected chi connectivity index (χ2v) is 9.61. The number of aromatic nitrogens is 4. The van der Waals surface area contributed by atoms with Crippen LogP contribution in [-0.2, 0) is 6.54 Å². The van der Waals surface area contributed by atoms with Crippen LogP contribution in [0.4, 0.5) is 17.6 Å². The molecular weight excluding hydrogens is 440 g/mol. The van der Waals surface area contributed by atoms with Gasteiger partial charge in [-0.25, -0.2) is 19.9 Å². The second-order valence-electron chi connectivity index (χ2n) is 9.61. The van der Waals surface area contributed by atoms with Crippen LogP contribution in [0.15, 0.2) is 30.6 Å². The lowest BCUT2D eigenvalue weighted by Gasteiger charge is -2.33. The number of piperazine rings is 1. The highest BCUT2D eigenvalue weighted by atomic mass is 16.3. The Bertz CT molecular complexity index is 1120. The number of aliphatic hydroxyl groups excluding tert-OH is 1. The summed E-state index contributed by atoms with van der Waals surface area (Å²) < 4.78 is 0. The Kier molecular flexibility index (Phi) is 7.36. The molecule has 2 aliphatic rings. The van der Waals surface area contributed by atoms with Crippen LogP contribution in [0.25, 0.3) is 10.9 Å². The standard InChI is InChI=1S/C26H36N8O/c1-3-32-11-13-33(14-12-32)18-20-7-8-23(27-16-20)30-26-28-17-21-15-22(19(2)35)29-25(24(21)31-26)34-9-5-4-6-10-34/h7-8,15-17,19,35H,3-6,9-14,18H2,1-2H3,(H,27,28,30,31). The molecule has 3 aromatic heterocycles. The SMILES string of the molecule is CCN1CCN(Cc2ccc(Nc3ncc4cc(C(C)O)nc(N5CCCCC5)c4n3)nc2)CC1. The van der Waals surface area contributed by atoms with Gasteiger partial charge < -0.3 is 20.2 Å². The maximum atomic E-state index is 10.2. The summed E-state index contributed by atoms with van der Waals surface area (Å²) in [5.41, 5.74) is 2.66. The molecule has 1 unspecified atom stereocenters. The minimum absolute atomic E-state index is 0.498. The summed E-state index contributed by atoms with van der Waals surface area (Å²) in [6.45, 7) is 12.4. The zero-order valence-corrected chi connectivity index (χ0v) is 20.8. The Morgan fingerprint density at radius 2 is 1.71 bits per heavy atom. The van der Waals surface area contributed by atoms with Crippen molar-refractivity contribution in [3.63, 3.8) is 0 Å². The van der Waals surface area contributed by atoms with E-state index in [1.54, 1.807) is 13.1 Å². The second kappa shape index (κ2) is 10.8. The van der Waals surface area contributed by atoms with Crippen LogP contribution >= 0.6 is 0 Å². The van der Waals surface area contributed by atoms with Crippen LogP contribution in [0.5, 0.6) is 0 Å². The van der Waals surface area contributed by atoms with E-state index in [9.17, 15) is 5.11 Å². The summed E-state index contributed by atoms with van der Waals surface area (Å²) in [6.07, 6.45) is 6.62. The van der Waals surface area contributed by atoms with Gasteiger partial charge in [-0.3, -0.25) is 4.90 Å². The number of fused-ring (bicyclic) bond motifs is 1. The first-order valence-electron chi connectivity index (χ1n) is 12.9. The molecule has 9 nitrogen and oxygen atoms in total. The van der Waals surface area contributed by atoms with Gasteiger partial charge in [-0.15, -0.1) is 0 Å². The fraction of sp³-hybridized carbons (Fsp3) is 0.538. The molecule has 5 heterocycles. The van der Waals surface area contributed by atoms with Gasteiger partial charge >= 0.3 is 0 Å². The summed E-state index contributed by atoms with van der Waals surface area (Å²) in [5, 5.41) is 14.3. The van der Waals surface area contributed by atoms with Crippen molar-refractivity contribution in [3.8, 4) is 0 Å². The Morgan fingerprint density at radius 1 is 0.943 bits per heavy atom. The van der Waals surface area contributed by atoms with Gasteiger partial charge in [0.1, 0.15) is 11.3 Å². The molecule has 2 aliphatic heterocycles. The first-order valence-corrected chi connectivity index (χ1v) is 12.9. The largest absolute Gasteiger partial charge is 0.387 e. The van der Waals surface area contributed by atoms with Gasteiger partial charge in [-0.2, -0.15) is 0 Å². The van der Waals surface area contributed by atoms with Gasteiger partial charge in [0.2, 0.25) is 5.95 Å². The minimum Gasteiger partial charge on any atom is -0.387 e. The highest BCUT2D eigenvalue weighted by Gasteiger charge is 2.20. The lowest BCUT2D eigenvalue weighted by Crippen LogP contribution is -2.45. The maximum absolute atomic E-state index is 10.2. The Labute approximate surface area is 207 Å². The predicted molar refractivity (Wildman–Crippen MR) is 139 cm³/mol. The topological polar surface area (TPSA) is 93.5 Å². The van der Waals surface area contributed by atoms with E-state index in [-0.39, 0.29) is 0 Å². The molecular formula is C26H36N8O. The summed E-state index contributed by atoms with van der Waals surface area (Å²) in [5.74, 6) is 2.05. The minimum atomic E-state index is -0.640. The molecule has 3 aromatic rings. The van der Waals surface area contributed by atoms with Crippen molar-refractivity contribution in [3.05, 3.63) is 41.9 Å². The van der Waals surface area contributed by atoms with Gasteiger partial charge in [0.25, 0.3) is 0 Å². The molecule has 5 rings (SSSR count). The van der Waals surface area contributed by atoms with Crippen molar-refractivity contribution < 1.29 is 5.11 Å². The molecule has 2 fully saturated rings. The molecule has 0 radical (unpaired) electrons. The zero-order valence-electron chi connectivity index (χ0n) is 20.8. The van der Waals surface area contributed by atoms with E-state index in [0.29, 0.717) is 11.6 Å². The third-order valence-electron chi connectivity index (χ3n) is 7.03. The Hall–Kier alpha value is -2.88. The lowest BCUT2D eigenvalue weighted by molar-refractivity contribution is 0.132. The molecule has 35 heavy (non-hydrogen) atoms. The van der Waals surface area contributed by atoms with Gasteiger partial charge in [0.05, 0.1) is 11.8 Å². The highest BCUT2D eigenvalue weighted by Crippen LogP contribution is 2.29. The normalized spacial score (nSPS) is 18.7. The van der Waals surface area contributed by atoms with E-state index in [1.807, 2.05) is 18.3 Å². The maximum Gasteiger partial charge on any atom is 0.229 e. The summed E-state index contributed by atoms with van der Waals surface area (Å²) in [7, 11) is 0. The summed E-state index contributed by atoms with van der Waals surface area (Å²) in [6, 6.07) is 5.99. The molecule has 9 heteroatoms. The summed E-state index contributed by atoms with van der Waals surface area (Å²) in [4.78, 5) is 26.0. The molecule has 0 saturated carbocycles. The average molecular weight is 477 g/mol. The molecule has 0 amide bonds. The van der Waals surface area contributed by atoms with E-state index in [2.05, 4.69) is 43.0 Å². The fourth-order valence-corrected chi connectivity index (χ4v) is 4.87. The number of hydrogen-bond donors (Lipinski definition) is 2. The average Bonchev–Trinajstić information content (AvgIpc) is 2.90. The molecule has 0 spiro atoms. The third-order valence-corrected chi connectivity index (χ3v) is 7.03. The van der Waals surface area contributed by atoms with Crippen molar-refractivity contribution in [2.45, 2.75) is 45.8 Å². The number of piperidine rings is 1. The molecule has 1 atom stereocenters. The van der Waals surface area contributed by atoms with Gasteiger partial charge in [0, 0.05) is 63.6 Å². The lowest BCUT2D eigenvalue weighted by atomic mass is 10.1. The smallest absolute Gasteiger partial charge is 0.229 e. The first-order chi connectivity index (χ1) is 17.1. The van der Waals surface area contributed by atoms with Crippen molar-refractivity contribution in [1.82, 2.24) is 29.7 Å². The molecule has 0 bridgehead atoms. The van der Waals surface area contributed by atoms with E-state index in [4.69, 9.17) is 9.97 Å². The van der Waals surface area contributed by atoms with Crippen molar-refractivity contribution >= 4 is 28.5 Å². The number of pyridine rings is 2. The van der Waals surface area contributed by atoms with Gasteiger partial charge in [-0.1, -0.05) is 13.0 Å². The van der Waals surface area contributed by atoms with Crippen molar-refractivity contribution in [2.75, 3.05) is 56.0 Å².